The van der Waals surface area contributed by atoms with Gasteiger partial charge in [0.2, 0.25) is 0 Å². The van der Waals surface area contributed by atoms with Gasteiger partial charge in [0.05, 0.1) is 12.8 Å². The molecule has 0 amide bonds. The van der Waals surface area contributed by atoms with Gasteiger partial charge in [-0.05, 0) is 30.3 Å². The largest absolute Gasteiger partial charge is 0.464 e. The van der Waals surface area contributed by atoms with Crippen molar-refractivity contribution in [3.63, 3.8) is 0 Å². The summed E-state index contributed by atoms with van der Waals surface area (Å²) in [6.07, 6.45) is 1.65. The van der Waals surface area contributed by atoms with Gasteiger partial charge in [-0.2, -0.15) is 5.10 Å². The molecule has 24 heavy (non-hydrogen) atoms. The Morgan fingerprint density at radius 3 is 2.42 bits per heavy atom. The Morgan fingerprint density at radius 1 is 1.17 bits per heavy atom. The summed E-state index contributed by atoms with van der Waals surface area (Å²) in [5.41, 5.74) is 4.42. The van der Waals surface area contributed by atoms with Crippen LogP contribution in [0.5, 0.6) is 0 Å². The highest BCUT2D eigenvalue weighted by molar-refractivity contribution is 7.80. The average molecular weight is 341 g/mol. The van der Waals surface area contributed by atoms with E-state index in [2.05, 4.69) is 15.8 Å². The summed E-state index contributed by atoms with van der Waals surface area (Å²) in [5, 5.41) is 7.24. The number of ether oxygens (including phenoxy) is 1. The van der Waals surface area contributed by atoms with E-state index in [1.165, 1.54) is 0 Å². The third-order valence-electron chi connectivity index (χ3n) is 3.11. The number of hydrogen-bond donors (Lipinski definition) is 2. The quantitative estimate of drug-likeness (QED) is 0.366. The van der Waals surface area contributed by atoms with Crippen molar-refractivity contribution in [3.8, 4) is 0 Å². The molecule has 0 aliphatic heterocycles. The van der Waals surface area contributed by atoms with Gasteiger partial charge in [0.15, 0.2) is 11.2 Å². The van der Waals surface area contributed by atoms with E-state index < -0.39 is 6.04 Å². The molecule has 0 unspecified atom stereocenters. The lowest BCUT2D eigenvalue weighted by atomic mass is 10.1. The Balaban J connectivity index is 1.99. The second-order valence-corrected chi connectivity index (χ2v) is 5.26. The van der Waals surface area contributed by atoms with Crippen LogP contribution in [0.4, 0.5) is 0 Å². The first kappa shape index (κ1) is 17.6. The Hall–Kier alpha value is -2.73. The van der Waals surface area contributed by atoms with Gasteiger partial charge in [-0.15, -0.1) is 0 Å². The van der Waals surface area contributed by atoms with Crippen molar-refractivity contribution in [3.05, 3.63) is 71.8 Å². The SMILES string of the molecule is CCOC(=O)[C@H](NC(=S)N/N=C\c1ccccc1)c1ccccc1. The number of carbonyl (C=O) groups excluding carboxylic acids is 1. The molecule has 124 valence electrons. The second kappa shape index (κ2) is 9.42. The van der Waals surface area contributed by atoms with Crippen LogP contribution in [-0.2, 0) is 9.53 Å². The second-order valence-electron chi connectivity index (χ2n) is 4.85. The molecule has 0 radical (unpaired) electrons. The van der Waals surface area contributed by atoms with E-state index in [0.717, 1.165) is 11.1 Å². The number of hydrogen-bond acceptors (Lipinski definition) is 4. The van der Waals surface area contributed by atoms with Crippen LogP contribution in [0.1, 0.15) is 24.1 Å². The number of nitrogens with zero attached hydrogens (tertiary/aromatic N) is 1. The van der Waals surface area contributed by atoms with E-state index in [0.29, 0.717) is 6.61 Å². The maximum atomic E-state index is 12.2. The molecule has 0 saturated carbocycles. The topological polar surface area (TPSA) is 62.7 Å². The summed E-state index contributed by atoms with van der Waals surface area (Å²) in [7, 11) is 0. The Labute approximate surface area is 146 Å². The molecule has 0 heterocycles. The van der Waals surface area contributed by atoms with E-state index in [4.69, 9.17) is 17.0 Å². The molecule has 0 aliphatic rings. The predicted molar refractivity (Wildman–Crippen MR) is 98.7 cm³/mol. The molecule has 1 atom stereocenters. The molecular weight excluding hydrogens is 322 g/mol. The monoisotopic (exact) mass is 341 g/mol. The Bertz CT molecular complexity index is 690. The zero-order valence-electron chi connectivity index (χ0n) is 13.3. The fraction of sp³-hybridized carbons (Fsp3) is 0.167. The van der Waals surface area contributed by atoms with E-state index in [9.17, 15) is 4.79 Å². The van der Waals surface area contributed by atoms with Crippen LogP contribution in [0.15, 0.2) is 65.8 Å². The fourth-order valence-corrected chi connectivity index (χ4v) is 2.19. The lowest BCUT2D eigenvalue weighted by Crippen LogP contribution is -2.39. The van der Waals surface area contributed by atoms with Crippen molar-refractivity contribution in [2.45, 2.75) is 13.0 Å². The number of esters is 1. The molecular formula is C18H19N3O2S. The summed E-state index contributed by atoms with van der Waals surface area (Å²) in [5.74, 6) is -0.389. The van der Waals surface area contributed by atoms with Gasteiger partial charge >= 0.3 is 5.97 Å². The molecule has 2 rings (SSSR count). The Morgan fingerprint density at radius 2 is 1.79 bits per heavy atom. The van der Waals surface area contributed by atoms with Crippen LogP contribution >= 0.6 is 12.2 Å². The molecule has 0 spiro atoms. The standard InChI is InChI=1S/C18H19N3O2S/c1-2-23-17(22)16(15-11-7-4-8-12-15)20-18(24)21-19-13-14-9-5-3-6-10-14/h3-13,16H,2H2,1H3,(H2,20,21,24)/b19-13-/t16-/m1/s1. The molecule has 2 aromatic carbocycles. The van der Waals surface area contributed by atoms with Crippen molar-refractivity contribution >= 4 is 29.5 Å². The molecule has 5 nitrogen and oxygen atoms in total. The van der Waals surface area contributed by atoms with E-state index in [1.807, 2.05) is 60.7 Å². The molecule has 6 heteroatoms. The van der Waals surface area contributed by atoms with Gasteiger partial charge in [0.25, 0.3) is 0 Å². The van der Waals surface area contributed by atoms with Crippen molar-refractivity contribution < 1.29 is 9.53 Å². The van der Waals surface area contributed by atoms with E-state index in [-0.39, 0.29) is 11.1 Å². The van der Waals surface area contributed by atoms with Crippen LogP contribution in [0.2, 0.25) is 0 Å². The lowest BCUT2D eigenvalue weighted by Gasteiger charge is -2.18. The normalized spacial score (nSPS) is 11.7. The zero-order valence-corrected chi connectivity index (χ0v) is 14.1. The summed E-state index contributed by atoms with van der Waals surface area (Å²) in [6, 6.07) is 18.2. The van der Waals surface area contributed by atoms with Gasteiger partial charge < -0.3 is 10.1 Å². The summed E-state index contributed by atoms with van der Waals surface area (Å²) < 4.78 is 5.11. The van der Waals surface area contributed by atoms with Crippen molar-refractivity contribution in [1.29, 1.82) is 0 Å². The minimum atomic E-state index is -0.682. The smallest absolute Gasteiger partial charge is 0.333 e. The third-order valence-corrected chi connectivity index (χ3v) is 3.32. The number of hydrazone groups is 1. The van der Waals surface area contributed by atoms with Gasteiger partial charge in [-0.1, -0.05) is 60.7 Å². The van der Waals surface area contributed by atoms with Crippen molar-refractivity contribution in [2.75, 3.05) is 6.61 Å². The van der Waals surface area contributed by atoms with E-state index >= 15 is 0 Å². The first-order chi connectivity index (χ1) is 11.7. The highest BCUT2D eigenvalue weighted by Gasteiger charge is 2.22. The summed E-state index contributed by atoms with van der Waals surface area (Å²) >= 11 is 5.21. The summed E-state index contributed by atoms with van der Waals surface area (Å²) in [6.45, 7) is 2.07. The molecule has 0 saturated heterocycles. The minimum absolute atomic E-state index is 0.240. The predicted octanol–water partition coefficient (Wildman–Crippen LogP) is 2.79. The van der Waals surface area contributed by atoms with Gasteiger partial charge in [0, 0.05) is 0 Å². The fourth-order valence-electron chi connectivity index (χ4n) is 2.02. The molecule has 2 aromatic rings. The van der Waals surface area contributed by atoms with Crippen LogP contribution in [0.3, 0.4) is 0 Å². The number of rotatable bonds is 6. The van der Waals surface area contributed by atoms with Crippen molar-refractivity contribution in [1.82, 2.24) is 10.7 Å². The van der Waals surface area contributed by atoms with Crippen LogP contribution in [0, 0.1) is 0 Å². The van der Waals surface area contributed by atoms with E-state index in [1.54, 1.807) is 13.1 Å². The average Bonchev–Trinajstić information content (AvgIpc) is 2.61. The first-order valence-electron chi connectivity index (χ1n) is 7.57. The van der Waals surface area contributed by atoms with Crippen LogP contribution in [0.25, 0.3) is 0 Å². The first-order valence-corrected chi connectivity index (χ1v) is 7.97. The maximum Gasteiger partial charge on any atom is 0.333 e. The molecule has 0 bridgehead atoms. The van der Waals surface area contributed by atoms with Crippen molar-refractivity contribution in [2.24, 2.45) is 5.10 Å². The van der Waals surface area contributed by atoms with Gasteiger partial charge in [-0.25, -0.2) is 4.79 Å². The highest BCUT2D eigenvalue weighted by Crippen LogP contribution is 2.14. The third kappa shape index (κ3) is 5.48. The Kier molecular flexibility index (Phi) is 6.91. The number of carbonyl (C=O) groups is 1. The van der Waals surface area contributed by atoms with Crippen LogP contribution in [-0.4, -0.2) is 23.9 Å². The molecule has 0 aliphatic carbocycles. The van der Waals surface area contributed by atoms with Gasteiger partial charge in [-0.3, -0.25) is 5.43 Å². The minimum Gasteiger partial charge on any atom is -0.464 e. The van der Waals surface area contributed by atoms with Crippen LogP contribution < -0.4 is 10.7 Å². The number of nitrogens with one attached hydrogen (secondary N) is 2. The lowest BCUT2D eigenvalue weighted by molar-refractivity contribution is -0.145. The number of benzene rings is 2. The molecule has 2 N–H and O–H groups in total. The van der Waals surface area contributed by atoms with Gasteiger partial charge in [0.1, 0.15) is 0 Å². The summed E-state index contributed by atoms with van der Waals surface area (Å²) in [4.78, 5) is 12.2. The molecule has 0 aromatic heterocycles. The molecule has 0 fully saturated rings. The zero-order chi connectivity index (χ0) is 17.2. The maximum absolute atomic E-state index is 12.2. The highest BCUT2D eigenvalue weighted by atomic mass is 32.1. The number of thiocarbonyl (C=S) groups is 1.